The molecule has 1 aromatic heterocycles. The summed E-state index contributed by atoms with van der Waals surface area (Å²) >= 11 is 12.6. The number of thiophene rings is 1. The molecule has 1 amide bonds. The lowest BCUT2D eigenvalue weighted by atomic mass is 9.90. The van der Waals surface area contributed by atoms with E-state index in [4.69, 9.17) is 23.2 Å². The second-order valence-electron chi connectivity index (χ2n) is 4.56. The van der Waals surface area contributed by atoms with E-state index in [1.807, 2.05) is 0 Å². The van der Waals surface area contributed by atoms with Crippen LogP contribution in [0.4, 0.5) is 13.2 Å². The number of carbonyl (C=O) groups is 1. The summed E-state index contributed by atoms with van der Waals surface area (Å²) in [5.41, 5.74) is -2.54. The molecule has 1 N–H and O–H groups in total. The van der Waals surface area contributed by atoms with Gasteiger partial charge in [-0.2, -0.15) is 13.2 Å². The second kappa shape index (κ2) is 5.36. The molecule has 0 atom stereocenters. The van der Waals surface area contributed by atoms with Crippen LogP contribution in [0.1, 0.15) is 23.2 Å². The molecule has 1 aromatic rings. The predicted molar refractivity (Wildman–Crippen MR) is 70.5 cm³/mol. The van der Waals surface area contributed by atoms with E-state index in [-0.39, 0.29) is 23.0 Å². The number of halogens is 5. The monoisotopic (exact) mass is 347 g/mol. The van der Waals surface area contributed by atoms with Crippen LogP contribution in [0.25, 0.3) is 0 Å². The van der Waals surface area contributed by atoms with Crippen LogP contribution >= 0.6 is 34.5 Å². The molecule has 0 bridgehead atoms. The number of alkyl halides is 3. The zero-order valence-corrected chi connectivity index (χ0v) is 12.3. The van der Waals surface area contributed by atoms with E-state index < -0.39 is 30.5 Å². The number of aliphatic hydroxyl groups is 1. The molecule has 0 unspecified atom stereocenters. The maximum atomic E-state index is 12.7. The minimum absolute atomic E-state index is 0.180. The van der Waals surface area contributed by atoms with Crippen LogP contribution in [0.5, 0.6) is 0 Å². The number of amides is 1. The van der Waals surface area contributed by atoms with E-state index >= 15 is 0 Å². The van der Waals surface area contributed by atoms with Crippen molar-refractivity contribution < 1.29 is 23.1 Å². The van der Waals surface area contributed by atoms with Gasteiger partial charge in [0.25, 0.3) is 5.91 Å². The van der Waals surface area contributed by atoms with Gasteiger partial charge < -0.3 is 10.0 Å². The highest BCUT2D eigenvalue weighted by molar-refractivity contribution is 7.20. The predicted octanol–water partition coefficient (Wildman–Crippen LogP) is 3.58. The Morgan fingerprint density at radius 1 is 1.35 bits per heavy atom. The summed E-state index contributed by atoms with van der Waals surface area (Å²) in [6.45, 7) is -0.364. The van der Waals surface area contributed by atoms with Gasteiger partial charge in [-0.1, -0.05) is 23.2 Å². The topological polar surface area (TPSA) is 40.5 Å². The van der Waals surface area contributed by atoms with Crippen molar-refractivity contribution in [3.63, 3.8) is 0 Å². The third-order valence-corrected chi connectivity index (χ3v) is 4.78. The Kier molecular flexibility index (Phi) is 4.26. The van der Waals surface area contributed by atoms with Gasteiger partial charge >= 0.3 is 6.18 Å². The first-order chi connectivity index (χ1) is 9.14. The molecule has 2 heterocycles. The van der Waals surface area contributed by atoms with Gasteiger partial charge in [0.15, 0.2) is 5.60 Å². The minimum atomic E-state index is -4.69. The molecule has 0 aromatic carbocycles. The number of rotatable bonds is 1. The summed E-state index contributed by atoms with van der Waals surface area (Å²) in [7, 11) is 0. The average molecular weight is 348 g/mol. The lowest BCUT2D eigenvalue weighted by molar-refractivity contribution is -0.271. The maximum Gasteiger partial charge on any atom is 0.417 e. The van der Waals surface area contributed by atoms with Gasteiger partial charge in [0.05, 0.1) is 9.90 Å². The molecule has 20 heavy (non-hydrogen) atoms. The van der Waals surface area contributed by atoms with Crippen LogP contribution in [0.15, 0.2) is 6.07 Å². The third kappa shape index (κ3) is 2.90. The molecule has 3 nitrogen and oxygen atoms in total. The number of piperidine rings is 1. The first kappa shape index (κ1) is 15.9. The van der Waals surface area contributed by atoms with Crippen LogP contribution < -0.4 is 0 Å². The number of likely N-dealkylation sites (tertiary alicyclic amines) is 1. The smallest absolute Gasteiger partial charge is 0.380 e. The summed E-state index contributed by atoms with van der Waals surface area (Å²) < 4.78 is 38.5. The molecule has 1 aliphatic heterocycles. The average Bonchev–Trinajstić information content (AvgIpc) is 2.67. The summed E-state index contributed by atoms with van der Waals surface area (Å²) in [6.07, 6.45) is -5.78. The Morgan fingerprint density at radius 3 is 2.30 bits per heavy atom. The van der Waals surface area contributed by atoms with E-state index in [1.165, 1.54) is 11.0 Å². The largest absolute Gasteiger partial charge is 0.417 e. The van der Waals surface area contributed by atoms with Crippen LogP contribution in [0.2, 0.25) is 8.67 Å². The highest BCUT2D eigenvalue weighted by atomic mass is 35.5. The lowest BCUT2D eigenvalue weighted by Gasteiger charge is -2.39. The number of hydrogen-bond donors (Lipinski definition) is 1. The molecule has 9 heteroatoms. The molecular weight excluding hydrogens is 338 g/mol. The molecular formula is C11H10Cl2F3NO2S. The van der Waals surface area contributed by atoms with Gasteiger partial charge in [-0.15, -0.1) is 11.3 Å². The molecule has 1 fully saturated rings. The van der Waals surface area contributed by atoms with E-state index in [2.05, 4.69) is 0 Å². The van der Waals surface area contributed by atoms with E-state index in [0.29, 0.717) is 4.34 Å². The number of nitrogens with zero attached hydrogens (tertiary/aromatic N) is 1. The van der Waals surface area contributed by atoms with Crippen LogP contribution in [0, 0.1) is 0 Å². The summed E-state index contributed by atoms with van der Waals surface area (Å²) in [5.74, 6) is -0.470. The Labute approximate surface area is 126 Å². The first-order valence-electron chi connectivity index (χ1n) is 5.67. The zero-order valence-electron chi connectivity index (χ0n) is 10.0. The van der Waals surface area contributed by atoms with Crippen molar-refractivity contribution in [2.24, 2.45) is 0 Å². The van der Waals surface area contributed by atoms with Gasteiger partial charge in [0, 0.05) is 25.9 Å². The minimum Gasteiger partial charge on any atom is -0.380 e. The molecule has 1 saturated heterocycles. The van der Waals surface area contributed by atoms with Gasteiger partial charge in [0.2, 0.25) is 0 Å². The van der Waals surface area contributed by atoms with E-state index in [0.717, 1.165) is 11.3 Å². The highest BCUT2D eigenvalue weighted by Gasteiger charge is 2.54. The van der Waals surface area contributed by atoms with Crippen molar-refractivity contribution in [1.82, 2.24) is 4.90 Å². The van der Waals surface area contributed by atoms with Gasteiger partial charge in [0.1, 0.15) is 4.34 Å². The molecule has 0 spiro atoms. The summed E-state index contributed by atoms with van der Waals surface area (Å²) in [5, 5.41) is 9.53. The summed E-state index contributed by atoms with van der Waals surface area (Å²) in [4.78, 5) is 13.4. The van der Waals surface area contributed by atoms with Crippen LogP contribution in [-0.4, -0.2) is 40.8 Å². The van der Waals surface area contributed by atoms with Crippen molar-refractivity contribution in [2.75, 3.05) is 13.1 Å². The normalized spacial score (nSPS) is 19.2. The fourth-order valence-corrected chi connectivity index (χ4v) is 3.47. The standard InChI is InChI=1S/C11H10Cl2F3NO2S/c12-7-5-6(8(13)20-7)9(18)17-3-1-10(19,2-4-17)11(14,15)16/h5,19H,1-4H2. The maximum absolute atomic E-state index is 12.7. The van der Waals surface area contributed by atoms with Gasteiger partial charge in [-0.05, 0) is 6.07 Å². The van der Waals surface area contributed by atoms with Crippen molar-refractivity contribution in [1.29, 1.82) is 0 Å². The third-order valence-electron chi connectivity index (χ3n) is 3.29. The fraction of sp³-hybridized carbons (Fsp3) is 0.545. The van der Waals surface area contributed by atoms with Gasteiger partial charge in [-0.3, -0.25) is 4.79 Å². The molecule has 0 saturated carbocycles. The van der Waals surface area contributed by atoms with E-state index in [1.54, 1.807) is 0 Å². The zero-order chi connectivity index (χ0) is 15.1. The SMILES string of the molecule is O=C(c1cc(Cl)sc1Cl)N1CCC(O)(C(F)(F)F)CC1. The Hall–Kier alpha value is -0.500. The van der Waals surface area contributed by atoms with Gasteiger partial charge in [-0.25, -0.2) is 0 Å². The highest BCUT2D eigenvalue weighted by Crippen LogP contribution is 2.39. The second-order valence-corrected chi connectivity index (χ2v) is 6.85. The molecule has 2 rings (SSSR count). The van der Waals surface area contributed by atoms with Crippen LogP contribution in [0.3, 0.4) is 0 Å². The Bertz CT molecular complexity index is 524. The molecule has 1 aliphatic rings. The quantitative estimate of drug-likeness (QED) is 0.843. The molecule has 0 aliphatic carbocycles. The number of carbonyl (C=O) groups excluding carboxylic acids is 1. The van der Waals surface area contributed by atoms with Crippen molar-refractivity contribution in [2.45, 2.75) is 24.6 Å². The lowest BCUT2D eigenvalue weighted by Crippen LogP contribution is -2.54. The van der Waals surface area contributed by atoms with Crippen molar-refractivity contribution in [3.05, 3.63) is 20.3 Å². The molecule has 0 radical (unpaired) electrons. The Morgan fingerprint density at radius 2 is 1.90 bits per heavy atom. The summed E-state index contributed by atoms with van der Waals surface area (Å²) in [6, 6.07) is 1.39. The Balaban J connectivity index is 2.08. The fourth-order valence-electron chi connectivity index (χ4n) is 2.02. The number of hydrogen-bond acceptors (Lipinski definition) is 3. The molecule has 112 valence electrons. The van der Waals surface area contributed by atoms with E-state index in [9.17, 15) is 23.1 Å². The van der Waals surface area contributed by atoms with Crippen molar-refractivity contribution in [3.8, 4) is 0 Å². The first-order valence-corrected chi connectivity index (χ1v) is 7.24. The van der Waals surface area contributed by atoms with Crippen LogP contribution in [-0.2, 0) is 0 Å². The van der Waals surface area contributed by atoms with Crippen molar-refractivity contribution >= 4 is 40.4 Å².